The summed E-state index contributed by atoms with van der Waals surface area (Å²) in [6.45, 7) is 6.01. The zero-order valence-electron chi connectivity index (χ0n) is 10.7. The molecule has 0 radical (unpaired) electrons. The minimum Gasteiger partial charge on any atom is -0.334 e. The Hall–Kier alpha value is -1.32. The van der Waals surface area contributed by atoms with E-state index in [0.29, 0.717) is 0 Å². The number of nitrogens with zero attached hydrogens (tertiary/aromatic N) is 2. The Morgan fingerprint density at radius 2 is 2.28 bits per heavy atom. The van der Waals surface area contributed by atoms with Crippen LogP contribution in [0.1, 0.15) is 31.1 Å². The molecule has 0 unspecified atom stereocenters. The van der Waals surface area contributed by atoms with Crippen molar-refractivity contribution in [1.82, 2.24) is 14.9 Å². The van der Waals surface area contributed by atoms with Gasteiger partial charge in [0, 0.05) is 30.4 Å². The molecule has 0 fully saturated rings. The average molecular weight is 264 g/mol. The van der Waals surface area contributed by atoms with Gasteiger partial charge in [-0.1, -0.05) is 23.7 Å². The summed E-state index contributed by atoms with van der Waals surface area (Å²) < 4.78 is 2.14. The van der Waals surface area contributed by atoms with Gasteiger partial charge in [0.25, 0.3) is 0 Å². The van der Waals surface area contributed by atoms with E-state index in [2.05, 4.69) is 34.8 Å². The zero-order valence-corrected chi connectivity index (χ0v) is 11.5. The lowest BCUT2D eigenvalue weighted by Crippen LogP contribution is -2.19. The number of nitrogens with one attached hydrogen (secondary N) is 1. The summed E-state index contributed by atoms with van der Waals surface area (Å²) in [5, 5.41) is 4.26. The highest BCUT2D eigenvalue weighted by Gasteiger charge is 2.07. The van der Waals surface area contributed by atoms with Crippen molar-refractivity contribution in [3.63, 3.8) is 0 Å². The lowest BCUT2D eigenvalue weighted by Gasteiger charge is -2.15. The Bertz CT molecular complexity index is 507. The van der Waals surface area contributed by atoms with Crippen molar-refractivity contribution in [2.24, 2.45) is 0 Å². The quantitative estimate of drug-likeness (QED) is 0.896. The first kappa shape index (κ1) is 13.1. The van der Waals surface area contributed by atoms with E-state index < -0.39 is 0 Å². The molecule has 18 heavy (non-hydrogen) atoms. The Kier molecular flexibility index (Phi) is 4.39. The lowest BCUT2D eigenvalue weighted by molar-refractivity contribution is 0.549. The van der Waals surface area contributed by atoms with Gasteiger partial charge in [0.15, 0.2) is 0 Å². The van der Waals surface area contributed by atoms with Crippen molar-refractivity contribution in [3.05, 3.63) is 53.1 Å². The van der Waals surface area contributed by atoms with Crippen LogP contribution in [0.25, 0.3) is 0 Å². The second-order valence-corrected chi connectivity index (χ2v) is 4.77. The van der Waals surface area contributed by atoms with Crippen molar-refractivity contribution in [2.75, 3.05) is 0 Å². The maximum absolute atomic E-state index is 5.99. The summed E-state index contributed by atoms with van der Waals surface area (Å²) in [4.78, 5) is 4.16. The minimum absolute atomic E-state index is 0.268. The smallest absolute Gasteiger partial charge is 0.0948 e. The predicted octanol–water partition coefficient (Wildman–Crippen LogP) is 3.41. The van der Waals surface area contributed by atoms with Gasteiger partial charge >= 0.3 is 0 Å². The maximum Gasteiger partial charge on any atom is 0.0948 e. The van der Waals surface area contributed by atoms with Crippen LogP contribution in [-0.4, -0.2) is 9.55 Å². The molecule has 1 N–H and O–H groups in total. The first-order valence-electron chi connectivity index (χ1n) is 6.18. The topological polar surface area (TPSA) is 29.9 Å². The molecule has 1 atom stereocenters. The average Bonchev–Trinajstić information content (AvgIpc) is 2.83. The molecule has 96 valence electrons. The molecule has 0 spiro atoms. The van der Waals surface area contributed by atoms with Crippen molar-refractivity contribution >= 4 is 11.6 Å². The van der Waals surface area contributed by atoms with Crippen LogP contribution in [-0.2, 0) is 13.1 Å². The van der Waals surface area contributed by atoms with E-state index >= 15 is 0 Å². The molecule has 1 aromatic carbocycles. The van der Waals surface area contributed by atoms with Crippen molar-refractivity contribution < 1.29 is 0 Å². The number of aryl methyl sites for hydroxylation is 1. The van der Waals surface area contributed by atoms with E-state index in [-0.39, 0.29) is 6.04 Å². The summed E-state index contributed by atoms with van der Waals surface area (Å²) in [6.07, 6.45) is 3.77. The minimum atomic E-state index is 0.268. The molecule has 0 aliphatic rings. The Balaban J connectivity index is 1.98. The standard InChI is InChI=1S/C14H18ClN3/c1-3-18-10-16-8-14(18)9-17-11(2)12-5-4-6-13(15)7-12/h4-8,10-11,17H,3,9H2,1-2H3/t11-/m0/s1. The van der Waals surface area contributed by atoms with Crippen LogP contribution in [0.4, 0.5) is 0 Å². The highest BCUT2D eigenvalue weighted by atomic mass is 35.5. The van der Waals surface area contributed by atoms with Gasteiger partial charge in [0.1, 0.15) is 0 Å². The van der Waals surface area contributed by atoms with E-state index in [1.165, 1.54) is 11.3 Å². The monoisotopic (exact) mass is 263 g/mol. The second-order valence-electron chi connectivity index (χ2n) is 4.33. The molecule has 0 saturated carbocycles. The van der Waals surface area contributed by atoms with Crippen LogP contribution in [0.3, 0.4) is 0 Å². The number of hydrogen-bond donors (Lipinski definition) is 1. The fourth-order valence-corrected chi connectivity index (χ4v) is 2.13. The van der Waals surface area contributed by atoms with Gasteiger partial charge < -0.3 is 9.88 Å². The SMILES string of the molecule is CCn1cncc1CN[C@@H](C)c1cccc(Cl)c1. The van der Waals surface area contributed by atoms with E-state index in [9.17, 15) is 0 Å². The Morgan fingerprint density at radius 3 is 3.00 bits per heavy atom. The number of benzene rings is 1. The molecule has 1 heterocycles. The molecular formula is C14H18ClN3. The third-order valence-electron chi connectivity index (χ3n) is 3.08. The molecule has 0 aliphatic carbocycles. The summed E-state index contributed by atoms with van der Waals surface area (Å²) in [6, 6.07) is 8.22. The molecule has 1 aromatic heterocycles. The van der Waals surface area contributed by atoms with Gasteiger partial charge in [-0.25, -0.2) is 4.98 Å². The van der Waals surface area contributed by atoms with Crippen LogP contribution in [0, 0.1) is 0 Å². The van der Waals surface area contributed by atoms with Gasteiger partial charge in [-0.05, 0) is 31.5 Å². The van der Waals surface area contributed by atoms with Crippen LogP contribution in [0.5, 0.6) is 0 Å². The molecule has 3 nitrogen and oxygen atoms in total. The molecule has 0 aliphatic heterocycles. The Morgan fingerprint density at radius 1 is 1.44 bits per heavy atom. The summed E-state index contributed by atoms with van der Waals surface area (Å²) in [7, 11) is 0. The van der Waals surface area contributed by atoms with Crippen molar-refractivity contribution in [1.29, 1.82) is 0 Å². The van der Waals surface area contributed by atoms with Crippen molar-refractivity contribution in [2.45, 2.75) is 33.0 Å². The molecule has 2 aromatic rings. The van der Waals surface area contributed by atoms with Gasteiger partial charge in [0.05, 0.1) is 12.0 Å². The number of hydrogen-bond acceptors (Lipinski definition) is 2. The number of halogens is 1. The highest BCUT2D eigenvalue weighted by molar-refractivity contribution is 6.30. The fourth-order valence-electron chi connectivity index (χ4n) is 1.93. The van der Waals surface area contributed by atoms with E-state index in [0.717, 1.165) is 18.1 Å². The summed E-state index contributed by atoms with van der Waals surface area (Å²) >= 11 is 5.99. The third-order valence-corrected chi connectivity index (χ3v) is 3.31. The zero-order chi connectivity index (χ0) is 13.0. The summed E-state index contributed by atoms with van der Waals surface area (Å²) in [5.74, 6) is 0. The second kappa shape index (κ2) is 6.03. The number of aromatic nitrogens is 2. The van der Waals surface area contributed by atoms with Crippen LogP contribution in [0.15, 0.2) is 36.8 Å². The van der Waals surface area contributed by atoms with Gasteiger partial charge in [-0.2, -0.15) is 0 Å². The number of rotatable bonds is 5. The van der Waals surface area contributed by atoms with E-state index in [4.69, 9.17) is 11.6 Å². The fraction of sp³-hybridized carbons (Fsp3) is 0.357. The number of imidazole rings is 1. The third kappa shape index (κ3) is 3.12. The van der Waals surface area contributed by atoms with Crippen LogP contribution < -0.4 is 5.32 Å². The molecular weight excluding hydrogens is 246 g/mol. The largest absolute Gasteiger partial charge is 0.334 e. The van der Waals surface area contributed by atoms with Gasteiger partial charge in [-0.15, -0.1) is 0 Å². The predicted molar refractivity (Wildman–Crippen MR) is 74.6 cm³/mol. The first-order valence-corrected chi connectivity index (χ1v) is 6.56. The molecule has 2 rings (SSSR count). The summed E-state index contributed by atoms with van der Waals surface area (Å²) in [5.41, 5.74) is 2.40. The Labute approximate surface area is 113 Å². The van der Waals surface area contributed by atoms with E-state index in [1.54, 1.807) is 0 Å². The van der Waals surface area contributed by atoms with E-state index in [1.807, 2.05) is 30.7 Å². The van der Waals surface area contributed by atoms with Crippen LogP contribution in [0.2, 0.25) is 5.02 Å². The first-order chi connectivity index (χ1) is 8.70. The highest BCUT2D eigenvalue weighted by Crippen LogP contribution is 2.17. The van der Waals surface area contributed by atoms with Crippen LogP contribution >= 0.6 is 11.6 Å². The molecule has 0 amide bonds. The van der Waals surface area contributed by atoms with Crippen molar-refractivity contribution in [3.8, 4) is 0 Å². The lowest BCUT2D eigenvalue weighted by atomic mass is 10.1. The normalized spacial score (nSPS) is 12.6. The molecule has 0 bridgehead atoms. The molecule has 4 heteroatoms. The molecule has 0 saturated heterocycles. The maximum atomic E-state index is 5.99. The van der Waals surface area contributed by atoms with Gasteiger partial charge in [0.2, 0.25) is 0 Å². The van der Waals surface area contributed by atoms with Gasteiger partial charge in [-0.3, -0.25) is 0 Å².